The summed E-state index contributed by atoms with van der Waals surface area (Å²) >= 11 is 0. The van der Waals surface area contributed by atoms with Crippen molar-refractivity contribution in [3.8, 4) is 6.07 Å². The Kier molecular flexibility index (Phi) is 5.51. The lowest BCUT2D eigenvalue weighted by atomic mass is 10.1. The Balaban J connectivity index is 1.49. The quantitative estimate of drug-likeness (QED) is 0.854. The maximum absolute atomic E-state index is 12.5. The zero-order valence-electron chi connectivity index (χ0n) is 14.6. The number of pyridine rings is 1. The summed E-state index contributed by atoms with van der Waals surface area (Å²) in [5.74, 6) is 0.764. The van der Waals surface area contributed by atoms with E-state index in [0.717, 1.165) is 32.4 Å². The molecule has 1 saturated heterocycles. The second-order valence-electron chi connectivity index (χ2n) is 6.86. The standard InChI is InChI=1S/C18H25N5O2/c1-21(17-6-5-14(11-19)12-20-17)13-18(25)23-9-7-22(8-10-23)15-3-2-4-16(15)24/h5-6,12,15-16,24H,2-4,7-10,13H2,1H3/t15-,16-/m0/s1. The summed E-state index contributed by atoms with van der Waals surface area (Å²) in [6, 6.07) is 5.76. The first-order chi connectivity index (χ1) is 12.1. The highest BCUT2D eigenvalue weighted by Crippen LogP contribution is 2.25. The van der Waals surface area contributed by atoms with Crippen molar-refractivity contribution in [3.63, 3.8) is 0 Å². The summed E-state index contributed by atoms with van der Waals surface area (Å²) in [5.41, 5.74) is 0.508. The molecule has 1 saturated carbocycles. The number of carbonyl (C=O) groups excluding carboxylic acids is 1. The van der Waals surface area contributed by atoms with E-state index in [4.69, 9.17) is 5.26 Å². The normalized spacial score (nSPS) is 24.1. The summed E-state index contributed by atoms with van der Waals surface area (Å²) < 4.78 is 0. The van der Waals surface area contributed by atoms with Crippen LogP contribution in [0.1, 0.15) is 24.8 Å². The number of anilines is 1. The highest BCUT2D eigenvalue weighted by Gasteiger charge is 2.33. The predicted octanol–water partition coefficient (Wildman–Crippen LogP) is 0.447. The number of hydrogen-bond donors (Lipinski definition) is 1. The molecule has 2 heterocycles. The molecule has 0 unspecified atom stereocenters. The number of amides is 1. The fourth-order valence-electron chi connectivity index (χ4n) is 3.71. The molecule has 0 bridgehead atoms. The molecule has 7 heteroatoms. The number of nitriles is 1. The van der Waals surface area contributed by atoms with Crippen molar-refractivity contribution in [3.05, 3.63) is 23.9 Å². The molecule has 0 radical (unpaired) electrons. The molecule has 1 amide bonds. The van der Waals surface area contributed by atoms with E-state index in [2.05, 4.69) is 9.88 Å². The van der Waals surface area contributed by atoms with E-state index in [-0.39, 0.29) is 24.6 Å². The first kappa shape index (κ1) is 17.6. The first-order valence-electron chi connectivity index (χ1n) is 8.85. The van der Waals surface area contributed by atoms with Crippen LogP contribution in [0.15, 0.2) is 18.3 Å². The SMILES string of the molecule is CN(CC(=O)N1CCN([C@H]2CCC[C@@H]2O)CC1)c1ccc(C#N)cn1. The number of hydrogen-bond acceptors (Lipinski definition) is 6. The van der Waals surface area contributed by atoms with Crippen LogP contribution in [0.3, 0.4) is 0 Å². The van der Waals surface area contributed by atoms with Gasteiger partial charge in [0.1, 0.15) is 11.9 Å². The lowest BCUT2D eigenvalue weighted by molar-refractivity contribution is -0.132. The average molecular weight is 343 g/mol. The van der Waals surface area contributed by atoms with Gasteiger partial charge in [-0.2, -0.15) is 5.26 Å². The van der Waals surface area contributed by atoms with Crippen LogP contribution in [0.25, 0.3) is 0 Å². The second kappa shape index (κ2) is 7.81. The molecular weight excluding hydrogens is 318 g/mol. The van der Waals surface area contributed by atoms with Crippen LogP contribution in [-0.4, -0.2) is 77.7 Å². The monoisotopic (exact) mass is 343 g/mol. The van der Waals surface area contributed by atoms with E-state index in [1.54, 1.807) is 17.0 Å². The predicted molar refractivity (Wildman–Crippen MR) is 94.0 cm³/mol. The highest BCUT2D eigenvalue weighted by molar-refractivity contribution is 5.81. The molecule has 0 aromatic carbocycles. The van der Waals surface area contributed by atoms with E-state index in [1.165, 1.54) is 6.20 Å². The number of aliphatic hydroxyl groups is 1. The zero-order valence-corrected chi connectivity index (χ0v) is 14.6. The van der Waals surface area contributed by atoms with E-state index in [0.29, 0.717) is 24.5 Å². The average Bonchev–Trinajstić information content (AvgIpc) is 3.07. The van der Waals surface area contributed by atoms with Crippen molar-refractivity contribution in [1.29, 1.82) is 5.26 Å². The van der Waals surface area contributed by atoms with E-state index in [1.807, 2.05) is 18.0 Å². The molecule has 3 rings (SSSR count). The van der Waals surface area contributed by atoms with Crippen LogP contribution in [-0.2, 0) is 4.79 Å². The third-order valence-electron chi connectivity index (χ3n) is 5.22. The Morgan fingerprint density at radius 2 is 2.12 bits per heavy atom. The van der Waals surface area contributed by atoms with Gasteiger partial charge >= 0.3 is 0 Å². The Morgan fingerprint density at radius 1 is 1.36 bits per heavy atom. The molecule has 2 aliphatic rings. The van der Waals surface area contributed by atoms with Crippen molar-refractivity contribution in [2.75, 3.05) is 44.7 Å². The Labute approximate surface area is 148 Å². The minimum absolute atomic E-state index is 0.0836. The van der Waals surface area contributed by atoms with E-state index < -0.39 is 0 Å². The molecule has 1 aliphatic heterocycles. The lowest BCUT2D eigenvalue weighted by Crippen LogP contribution is -2.54. The summed E-state index contributed by atoms with van der Waals surface area (Å²) in [5, 5.41) is 18.9. The number of rotatable bonds is 4. The molecule has 134 valence electrons. The van der Waals surface area contributed by atoms with Crippen molar-refractivity contribution in [2.24, 2.45) is 0 Å². The van der Waals surface area contributed by atoms with Crippen LogP contribution < -0.4 is 4.90 Å². The van der Waals surface area contributed by atoms with Gasteiger partial charge in [-0.3, -0.25) is 9.69 Å². The van der Waals surface area contributed by atoms with Crippen LogP contribution in [0, 0.1) is 11.3 Å². The highest BCUT2D eigenvalue weighted by atomic mass is 16.3. The number of nitrogens with zero attached hydrogens (tertiary/aromatic N) is 5. The van der Waals surface area contributed by atoms with Gasteiger partial charge in [0.25, 0.3) is 0 Å². The number of carbonyl (C=O) groups is 1. The molecule has 1 aliphatic carbocycles. The number of aromatic nitrogens is 1. The Bertz CT molecular complexity index is 634. The van der Waals surface area contributed by atoms with Crippen molar-refractivity contribution >= 4 is 11.7 Å². The fourth-order valence-corrected chi connectivity index (χ4v) is 3.71. The van der Waals surface area contributed by atoms with Gasteiger partial charge in [-0.05, 0) is 31.4 Å². The molecule has 2 atom stereocenters. The molecule has 2 fully saturated rings. The number of aliphatic hydroxyl groups excluding tert-OH is 1. The summed E-state index contributed by atoms with van der Waals surface area (Å²) in [6.45, 7) is 3.33. The van der Waals surface area contributed by atoms with E-state index in [9.17, 15) is 9.90 Å². The third kappa shape index (κ3) is 4.09. The van der Waals surface area contributed by atoms with Crippen molar-refractivity contribution in [1.82, 2.24) is 14.8 Å². The van der Waals surface area contributed by atoms with Crippen LogP contribution in [0.4, 0.5) is 5.82 Å². The molecule has 25 heavy (non-hydrogen) atoms. The van der Waals surface area contributed by atoms with E-state index >= 15 is 0 Å². The molecule has 1 aromatic rings. The van der Waals surface area contributed by atoms with Gasteiger partial charge in [0.15, 0.2) is 0 Å². The van der Waals surface area contributed by atoms with Crippen LogP contribution >= 0.6 is 0 Å². The van der Waals surface area contributed by atoms with Gasteiger partial charge in [-0.1, -0.05) is 0 Å². The van der Waals surface area contributed by atoms with Gasteiger partial charge in [0, 0.05) is 45.5 Å². The maximum Gasteiger partial charge on any atom is 0.242 e. The van der Waals surface area contributed by atoms with Crippen LogP contribution in [0.2, 0.25) is 0 Å². The molecule has 7 nitrogen and oxygen atoms in total. The minimum Gasteiger partial charge on any atom is -0.391 e. The van der Waals surface area contributed by atoms with Crippen molar-refractivity contribution < 1.29 is 9.90 Å². The molecule has 0 spiro atoms. The lowest BCUT2D eigenvalue weighted by Gasteiger charge is -2.39. The second-order valence-corrected chi connectivity index (χ2v) is 6.86. The summed E-state index contributed by atoms with van der Waals surface area (Å²) in [7, 11) is 1.83. The van der Waals surface area contributed by atoms with Gasteiger partial charge < -0.3 is 14.9 Å². The molecule has 1 N–H and O–H groups in total. The van der Waals surface area contributed by atoms with Gasteiger partial charge in [-0.25, -0.2) is 4.98 Å². The topological polar surface area (TPSA) is 83.7 Å². The molecular formula is C18H25N5O2. The number of piperazine rings is 1. The number of likely N-dealkylation sites (N-methyl/N-ethyl adjacent to an activating group) is 1. The van der Waals surface area contributed by atoms with Gasteiger partial charge in [0.2, 0.25) is 5.91 Å². The molecule has 1 aromatic heterocycles. The van der Waals surface area contributed by atoms with Crippen LogP contribution in [0.5, 0.6) is 0 Å². The van der Waals surface area contributed by atoms with Gasteiger partial charge in [-0.15, -0.1) is 0 Å². The third-order valence-corrected chi connectivity index (χ3v) is 5.22. The first-order valence-corrected chi connectivity index (χ1v) is 8.85. The Morgan fingerprint density at radius 3 is 2.68 bits per heavy atom. The maximum atomic E-state index is 12.5. The summed E-state index contributed by atoms with van der Waals surface area (Å²) in [6.07, 6.45) is 4.35. The largest absolute Gasteiger partial charge is 0.391 e. The fraction of sp³-hybridized carbons (Fsp3) is 0.611. The van der Waals surface area contributed by atoms with Gasteiger partial charge in [0.05, 0.1) is 18.2 Å². The smallest absolute Gasteiger partial charge is 0.242 e. The summed E-state index contributed by atoms with van der Waals surface area (Å²) in [4.78, 5) is 22.8. The Hall–Kier alpha value is -2.17. The van der Waals surface area contributed by atoms with Crippen molar-refractivity contribution in [2.45, 2.75) is 31.4 Å². The zero-order chi connectivity index (χ0) is 17.8. The minimum atomic E-state index is -0.212.